The van der Waals surface area contributed by atoms with Gasteiger partial charge in [-0.05, 0) is 0 Å². The zero-order chi connectivity index (χ0) is 6.97. The van der Waals surface area contributed by atoms with Crippen LogP contribution in [0.5, 0.6) is 0 Å². The van der Waals surface area contributed by atoms with Crippen LogP contribution in [0.15, 0.2) is 18.2 Å². The van der Waals surface area contributed by atoms with Crippen molar-refractivity contribution in [2.75, 3.05) is 0 Å². The van der Waals surface area contributed by atoms with E-state index in [-0.39, 0.29) is 0 Å². The van der Waals surface area contributed by atoms with E-state index in [1.165, 1.54) is 9.78 Å². The molecule has 2 aromatic rings. The molecule has 0 unspecified atom stereocenters. The monoisotopic (exact) mass is 284 g/mol. The number of aromatic nitrogens is 1. The normalized spacial score (nSPS) is 10.5. The van der Waals surface area contributed by atoms with Crippen LogP contribution in [0.3, 0.4) is 0 Å². The Hall–Kier alpha value is 0.349. The molecule has 0 radical (unpaired) electrons. The van der Waals surface area contributed by atoms with Gasteiger partial charge in [0.1, 0.15) is 0 Å². The van der Waals surface area contributed by atoms with E-state index < -0.39 is 0 Å². The Morgan fingerprint density at radius 1 is 1.50 bits per heavy atom. The SMILES string of the molecule is Clc1ccc2n[se][se+]c2c1. The molecule has 0 atom stereocenters. The molecule has 0 aliphatic rings. The minimum atomic E-state index is 0.500. The van der Waals surface area contributed by atoms with Crippen LogP contribution in [-0.2, 0) is 0 Å². The van der Waals surface area contributed by atoms with E-state index in [2.05, 4.69) is 3.98 Å². The molecule has 4 heteroatoms. The van der Waals surface area contributed by atoms with E-state index in [1.54, 1.807) is 0 Å². The molecule has 0 bridgehead atoms. The van der Waals surface area contributed by atoms with Gasteiger partial charge in [-0.2, -0.15) is 0 Å². The van der Waals surface area contributed by atoms with Gasteiger partial charge in [-0.25, -0.2) is 0 Å². The molecule has 0 aliphatic heterocycles. The topological polar surface area (TPSA) is 12.9 Å². The van der Waals surface area contributed by atoms with Crippen molar-refractivity contribution >= 4 is 46.9 Å². The Morgan fingerprint density at radius 2 is 2.40 bits per heavy atom. The molecule has 1 nitrogen and oxygen atoms in total. The summed E-state index contributed by atoms with van der Waals surface area (Å²) in [6.07, 6.45) is 0. The molecule has 1 heterocycles. The van der Waals surface area contributed by atoms with Crippen LogP contribution in [0.1, 0.15) is 0 Å². The van der Waals surface area contributed by atoms with Gasteiger partial charge in [0.2, 0.25) is 0 Å². The first kappa shape index (κ1) is 7.02. The van der Waals surface area contributed by atoms with E-state index in [4.69, 9.17) is 11.6 Å². The molecule has 2 rings (SSSR count). The Balaban J connectivity index is 2.86. The number of rotatable bonds is 0. The second-order valence-electron chi connectivity index (χ2n) is 1.86. The first-order valence-corrected chi connectivity index (χ1v) is 9.04. The summed E-state index contributed by atoms with van der Waals surface area (Å²) in [5.74, 6) is 0. The zero-order valence-electron chi connectivity index (χ0n) is 4.87. The third kappa shape index (κ3) is 1.20. The fourth-order valence-electron chi connectivity index (χ4n) is 0.729. The first-order chi connectivity index (χ1) is 4.86. The van der Waals surface area contributed by atoms with Gasteiger partial charge in [0.25, 0.3) is 0 Å². The van der Waals surface area contributed by atoms with Crippen molar-refractivity contribution in [3.8, 4) is 0 Å². The number of halogens is 1. The van der Waals surface area contributed by atoms with Gasteiger partial charge < -0.3 is 0 Å². The summed E-state index contributed by atoms with van der Waals surface area (Å²) in [5, 5.41) is 0.841. The van der Waals surface area contributed by atoms with Crippen molar-refractivity contribution < 1.29 is 0 Å². The van der Waals surface area contributed by atoms with Crippen LogP contribution in [0, 0.1) is 0 Å². The average Bonchev–Trinajstić information content (AvgIpc) is 2.33. The first-order valence-electron chi connectivity index (χ1n) is 2.70. The molecule has 1 aromatic heterocycles. The second-order valence-corrected chi connectivity index (χ2v) is 7.71. The summed E-state index contributed by atoms with van der Waals surface area (Å²) >= 11 is 6.90. The number of benzene rings is 1. The van der Waals surface area contributed by atoms with Crippen LogP contribution in [0.2, 0.25) is 5.02 Å². The van der Waals surface area contributed by atoms with E-state index >= 15 is 0 Å². The molecule has 0 spiro atoms. The third-order valence-corrected chi connectivity index (χ3v) is 6.79. The fourth-order valence-corrected chi connectivity index (χ4v) is 6.49. The van der Waals surface area contributed by atoms with Crippen molar-refractivity contribution in [3.63, 3.8) is 0 Å². The van der Waals surface area contributed by atoms with Crippen molar-refractivity contribution in [1.82, 2.24) is 3.98 Å². The molecular weight excluding hydrogens is 279 g/mol. The van der Waals surface area contributed by atoms with Crippen LogP contribution in [-0.4, -0.2) is 29.5 Å². The standard InChI is InChI=1S/C6H3ClNSe2/c7-4-1-2-5-6(3-4)9-10-8-5/h1-3H/q+1. The van der Waals surface area contributed by atoms with Crippen molar-refractivity contribution in [2.24, 2.45) is 0 Å². The molecule has 0 N–H and O–H groups in total. The van der Waals surface area contributed by atoms with Gasteiger partial charge in [-0.1, -0.05) is 0 Å². The molecule has 0 saturated carbocycles. The van der Waals surface area contributed by atoms with Gasteiger partial charge in [-0.3, -0.25) is 0 Å². The van der Waals surface area contributed by atoms with Crippen molar-refractivity contribution in [3.05, 3.63) is 23.2 Å². The summed E-state index contributed by atoms with van der Waals surface area (Å²) in [7, 11) is 0. The maximum atomic E-state index is 5.80. The molecule has 0 amide bonds. The fraction of sp³-hybridized carbons (Fsp3) is 0. The number of nitrogens with zero attached hydrogens (tertiary/aromatic N) is 1. The van der Waals surface area contributed by atoms with Gasteiger partial charge in [-0.15, -0.1) is 0 Å². The number of fused-ring (bicyclic) bond motifs is 1. The van der Waals surface area contributed by atoms with E-state index in [1.807, 2.05) is 18.2 Å². The average molecular weight is 282 g/mol. The quantitative estimate of drug-likeness (QED) is 0.664. The number of hydrogen-bond acceptors (Lipinski definition) is 1. The third-order valence-electron chi connectivity index (χ3n) is 1.18. The Bertz CT molecular complexity index is 357. The van der Waals surface area contributed by atoms with Gasteiger partial charge >= 0.3 is 74.1 Å². The predicted molar refractivity (Wildman–Crippen MR) is 45.0 cm³/mol. The minimum absolute atomic E-state index is 0.500. The Morgan fingerprint density at radius 3 is 3.30 bits per heavy atom. The molecule has 0 aliphatic carbocycles. The van der Waals surface area contributed by atoms with E-state index in [0.29, 0.717) is 25.5 Å². The summed E-state index contributed by atoms with van der Waals surface area (Å²) in [6.45, 7) is 0. The van der Waals surface area contributed by atoms with Gasteiger partial charge in [0, 0.05) is 0 Å². The van der Waals surface area contributed by atoms with E-state index in [0.717, 1.165) is 5.02 Å². The van der Waals surface area contributed by atoms with E-state index in [9.17, 15) is 0 Å². The zero-order valence-corrected chi connectivity index (χ0v) is 9.06. The summed E-state index contributed by atoms with van der Waals surface area (Å²) < 4.78 is 5.75. The molecule has 50 valence electrons. The summed E-state index contributed by atoms with van der Waals surface area (Å²) in [5.41, 5.74) is 1.17. The molecular formula is C6H3ClNSe2+. The van der Waals surface area contributed by atoms with Crippen LogP contribution >= 0.6 is 11.6 Å². The number of hydrogen-bond donors (Lipinski definition) is 0. The van der Waals surface area contributed by atoms with Gasteiger partial charge in [0.15, 0.2) is 0 Å². The van der Waals surface area contributed by atoms with Gasteiger partial charge in [0.05, 0.1) is 0 Å². The Labute approximate surface area is 73.9 Å². The maximum absolute atomic E-state index is 5.80. The molecule has 0 fully saturated rings. The predicted octanol–water partition coefficient (Wildman–Crippen LogP) is 1.28. The second kappa shape index (κ2) is 2.77. The molecule has 0 saturated heterocycles. The van der Waals surface area contributed by atoms with Crippen molar-refractivity contribution in [2.45, 2.75) is 0 Å². The van der Waals surface area contributed by atoms with Crippen LogP contribution < -0.4 is 0 Å². The summed E-state index contributed by atoms with van der Waals surface area (Å²) in [4.78, 5) is 0. The van der Waals surface area contributed by atoms with Crippen LogP contribution in [0.4, 0.5) is 0 Å². The van der Waals surface area contributed by atoms with Crippen molar-refractivity contribution in [1.29, 1.82) is 0 Å². The molecule has 1 aromatic carbocycles. The summed E-state index contributed by atoms with van der Waals surface area (Å²) in [6, 6.07) is 5.95. The molecule has 10 heavy (non-hydrogen) atoms. The Kier molecular flexibility index (Phi) is 1.94. The van der Waals surface area contributed by atoms with Crippen LogP contribution in [0.25, 0.3) is 9.78 Å².